The molecule has 0 radical (unpaired) electrons. The van der Waals surface area contributed by atoms with Crippen LogP contribution in [0.25, 0.3) is 11.1 Å². The van der Waals surface area contributed by atoms with Crippen LogP contribution in [0.5, 0.6) is 5.75 Å². The predicted molar refractivity (Wildman–Crippen MR) is 54.4 cm³/mol. The van der Waals surface area contributed by atoms with Gasteiger partial charge in [0.25, 0.3) is 0 Å². The summed E-state index contributed by atoms with van der Waals surface area (Å²) < 4.78 is 18.9. The van der Waals surface area contributed by atoms with Crippen LogP contribution in [0.1, 0.15) is 24.8 Å². The molecule has 80 valence electrons. The van der Waals surface area contributed by atoms with E-state index in [4.69, 9.17) is 4.42 Å². The van der Waals surface area contributed by atoms with Crippen LogP contribution >= 0.6 is 0 Å². The summed E-state index contributed by atoms with van der Waals surface area (Å²) in [5, 5.41) is 9.58. The van der Waals surface area contributed by atoms with E-state index in [0.29, 0.717) is 23.5 Å². The zero-order valence-electron chi connectivity index (χ0n) is 8.67. The minimum Gasteiger partial charge on any atom is -0.505 e. The lowest BCUT2D eigenvalue weighted by Crippen LogP contribution is -1.89. The normalized spacial score (nSPS) is 11.1. The molecule has 2 aromatic rings. The highest BCUT2D eigenvalue weighted by molar-refractivity contribution is 5.77. The Hall–Kier alpha value is -1.58. The lowest BCUT2D eigenvalue weighted by Gasteiger charge is -2.03. The number of halogens is 1. The molecule has 0 bridgehead atoms. The Bertz CT molecular complexity index is 505. The van der Waals surface area contributed by atoms with Crippen LogP contribution < -0.4 is 0 Å². The van der Waals surface area contributed by atoms with Crippen LogP contribution in [0.3, 0.4) is 0 Å². The molecule has 1 N–H and O–H groups in total. The minimum absolute atomic E-state index is 0.102. The summed E-state index contributed by atoms with van der Waals surface area (Å²) in [5.74, 6) is -0.595. The van der Waals surface area contributed by atoms with E-state index in [1.807, 2.05) is 6.92 Å². The number of oxazole rings is 1. The summed E-state index contributed by atoms with van der Waals surface area (Å²) >= 11 is 0. The topological polar surface area (TPSA) is 46.3 Å². The van der Waals surface area contributed by atoms with Crippen LogP contribution in [-0.2, 0) is 6.42 Å². The maximum Gasteiger partial charge on any atom is 0.194 e. The van der Waals surface area contributed by atoms with Crippen LogP contribution in [0.15, 0.2) is 10.5 Å². The third kappa shape index (κ3) is 1.56. The van der Waals surface area contributed by atoms with Gasteiger partial charge in [0, 0.05) is 12.5 Å². The summed E-state index contributed by atoms with van der Waals surface area (Å²) in [4.78, 5) is 3.87. The van der Waals surface area contributed by atoms with Crippen molar-refractivity contribution in [3.05, 3.63) is 23.3 Å². The molecular formula is C11H12FNO2. The number of hydrogen-bond donors (Lipinski definition) is 1. The highest BCUT2D eigenvalue weighted by atomic mass is 19.1. The van der Waals surface area contributed by atoms with Crippen molar-refractivity contribution >= 4 is 11.1 Å². The third-order valence-electron chi connectivity index (χ3n) is 2.30. The molecule has 0 amide bonds. The van der Waals surface area contributed by atoms with Gasteiger partial charge in [-0.05, 0) is 12.5 Å². The predicted octanol–water partition coefficient (Wildman–Crippen LogP) is 2.93. The molecule has 2 rings (SSSR count). The number of rotatable bonds is 2. The molecular weight excluding hydrogens is 197 g/mol. The first-order valence-electron chi connectivity index (χ1n) is 4.91. The highest BCUT2D eigenvalue weighted by Gasteiger charge is 2.16. The maximum atomic E-state index is 13.6. The molecule has 0 saturated carbocycles. The van der Waals surface area contributed by atoms with E-state index in [-0.39, 0.29) is 11.3 Å². The van der Waals surface area contributed by atoms with Gasteiger partial charge in [-0.15, -0.1) is 0 Å². The van der Waals surface area contributed by atoms with Gasteiger partial charge < -0.3 is 9.52 Å². The van der Waals surface area contributed by atoms with Crippen molar-refractivity contribution in [2.24, 2.45) is 0 Å². The smallest absolute Gasteiger partial charge is 0.194 e. The Kier molecular flexibility index (Phi) is 2.34. The second-order valence-corrected chi connectivity index (χ2v) is 3.53. The van der Waals surface area contributed by atoms with E-state index in [2.05, 4.69) is 4.98 Å². The Morgan fingerprint density at radius 3 is 2.93 bits per heavy atom. The molecule has 15 heavy (non-hydrogen) atoms. The first kappa shape index (κ1) is 9.96. The van der Waals surface area contributed by atoms with Gasteiger partial charge in [0.2, 0.25) is 0 Å². The van der Waals surface area contributed by atoms with Gasteiger partial charge in [0.05, 0.1) is 0 Å². The van der Waals surface area contributed by atoms with Gasteiger partial charge in [-0.1, -0.05) is 13.3 Å². The Morgan fingerprint density at radius 2 is 2.27 bits per heavy atom. The van der Waals surface area contributed by atoms with E-state index < -0.39 is 5.82 Å². The van der Waals surface area contributed by atoms with Crippen molar-refractivity contribution in [2.75, 3.05) is 0 Å². The molecule has 0 aliphatic rings. The minimum atomic E-state index is -0.687. The first-order valence-corrected chi connectivity index (χ1v) is 4.91. The first-order chi connectivity index (χ1) is 7.13. The van der Waals surface area contributed by atoms with Crippen molar-refractivity contribution in [1.29, 1.82) is 0 Å². The Balaban J connectivity index is 2.70. The standard InChI is InChI=1S/C11H12FNO2/c1-3-4-7-5-8-10(9(12)11(7)14)13-6(2)15-8/h5,14H,3-4H2,1-2H3. The van der Waals surface area contributed by atoms with Crippen LogP contribution in [0.2, 0.25) is 0 Å². The fourth-order valence-corrected chi connectivity index (χ4v) is 1.64. The molecule has 1 aromatic carbocycles. The number of fused-ring (bicyclic) bond motifs is 1. The number of aryl methyl sites for hydroxylation is 2. The number of aromatic nitrogens is 1. The molecule has 0 spiro atoms. The van der Waals surface area contributed by atoms with Gasteiger partial charge in [0.1, 0.15) is 5.52 Å². The van der Waals surface area contributed by atoms with Crippen molar-refractivity contribution in [3.63, 3.8) is 0 Å². The van der Waals surface area contributed by atoms with Gasteiger partial charge in [-0.3, -0.25) is 0 Å². The fourth-order valence-electron chi connectivity index (χ4n) is 1.64. The monoisotopic (exact) mass is 209 g/mol. The Labute approximate surface area is 86.5 Å². The van der Waals surface area contributed by atoms with E-state index in [9.17, 15) is 9.50 Å². The summed E-state index contributed by atoms with van der Waals surface area (Å²) in [6.07, 6.45) is 1.46. The molecule has 1 heterocycles. The summed E-state index contributed by atoms with van der Waals surface area (Å²) in [7, 11) is 0. The second kappa shape index (κ2) is 3.53. The lowest BCUT2D eigenvalue weighted by molar-refractivity contribution is 0.428. The van der Waals surface area contributed by atoms with E-state index >= 15 is 0 Å². The van der Waals surface area contributed by atoms with Crippen LogP contribution in [0, 0.1) is 12.7 Å². The van der Waals surface area contributed by atoms with E-state index in [1.165, 1.54) is 0 Å². The quantitative estimate of drug-likeness (QED) is 0.827. The number of nitrogens with zero attached hydrogens (tertiary/aromatic N) is 1. The zero-order valence-corrected chi connectivity index (χ0v) is 8.67. The average molecular weight is 209 g/mol. The fraction of sp³-hybridized carbons (Fsp3) is 0.364. The van der Waals surface area contributed by atoms with Gasteiger partial charge in [0.15, 0.2) is 23.0 Å². The Morgan fingerprint density at radius 1 is 1.53 bits per heavy atom. The molecule has 0 saturated heterocycles. The summed E-state index contributed by atoms with van der Waals surface area (Å²) in [5.41, 5.74) is 1.06. The number of aromatic hydroxyl groups is 1. The van der Waals surface area contributed by atoms with Crippen molar-refractivity contribution in [2.45, 2.75) is 26.7 Å². The van der Waals surface area contributed by atoms with Gasteiger partial charge in [-0.25, -0.2) is 9.37 Å². The molecule has 0 aliphatic heterocycles. The number of phenols is 1. The number of benzene rings is 1. The average Bonchev–Trinajstić information content (AvgIpc) is 2.56. The van der Waals surface area contributed by atoms with Crippen molar-refractivity contribution < 1.29 is 13.9 Å². The highest BCUT2D eigenvalue weighted by Crippen LogP contribution is 2.30. The van der Waals surface area contributed by atoms with E-state index in [1.54, 1.807) is 13.0 Å². The van der Waals surface area contributed by atoms with E-state index in [0.717, 1.165) is 6.42 Å². The largest absolute Gasteiger partial charge is 0.505 e. The lowest BCUT2D eigenvalue weighted by atomic mass is 10.1. The number of phenolic OH excluding ortho intramolecular Hbond substituents is 1. The second-order valence-electron chi connectivity index (χ2n) is 3.53. The van der Waals surface area contributed by atoms with Crippen LogP contribution in [0.4, 0.5) is 4.39 Å². The molecule has 4 heteroatoms. The molecule has 0 fully saturated rings. The molecule has 0 aliphatic carbocycles. The maximum absolute atomic E-state index is 13.6. The molecule has 3 nitrogen and oxygen atoms in total. The molecule has 1 aromatic heterocycles. The van der Waals surface area contributed by atoms with Gasteiger partial charge in [-0.2, -0.15) is 0 Å². The summed E-state index contributed by atoms with van der Waals surface area (Å²) in [6.45, 7) is 3.61. The van der Waals surface area contributed by atoms with Crippen molar-refractivity contribution in [3.8, 4) is 5.75 Å². The molecule has 0 atom stereocenters. The summed E-state index contributed by atoms with van der Waals surface area (Å²) in [6, 6.07) is 1.65. The SMILES string of the molecule is CCCc1cc2oc(C)nc2c(F)c1O. The van der Waals surface area contributed by atoms with Crippen LogP contribution in [-0.4, -0.2) is 10.1 Å². The zero-order chi connectivity index (χ0) is 11.0. The van der Waals surface area contributed by atoms with Gasteiger partial charge >= 0.3 is 0 Å². The molecule has 0 unspecified atom stereocenters. The third-order valence-corrected chi connectivity index (χ3v) is 2.30. The van der Waals surface area contributed by atoms with Crippen molar-refractivity contribution in [1.82, 2.24) is 4.98 Å². The number of hydrogen-bond acceptors (Lipinski definition) is 3.